The van der Waals surface area contributed by atoms with Crippen LogP contribution in [0.5, 0.6) is 5.75 Å². The van der Waals surface area contributed by atoms with Gasteiger partial charge >= 0.3 is 0 Å². The van der Waals surface area contributed by atoms with E-state index in [1.54, 1.807) is 7.11 Å². The van der Waals surface area contributed by atoms with Gasteiger partial charge in [0.05, 0.1) is 7.11 Å². The summed E-state index contributed by atoms with van der Waals surface area (Å²) in [6.45, 7) is 0. The topological polar surface area (TPSA) is 9.23 Å². The molecule has 0 spiro atoms. The monoisotopic (exact) mass is 244 g/mol. The minimum Gasteiger partial charge on any atom is -0.497 e. The smallest absolute Gasteiger partial charge is 0.118 e. The van der Waals surface area contributed by atoms with Gasteiger partial charge in [-0.2, -0.15) is 11.8 Å². The number of rotatable bonds is 5. The molecule has 2 aromatic carbocycles. The molecular formula is C15H16OS. The maximum atomic E-state index is 5.14. The van der Waals surface area contributed by atoms with Crippen LogP contribution in [0.25, 0.3) is 0 Å². The molecule has 0 heterocycles. The van der Waals surface area contributed by atoms with Crippen molar-refractivity contribution < 1.29 is 4.74 Å². The Bertz CT molecular complexity index is 436. The molecule has 17 heavy (non-hydrogen) atoms. The van der Waals surface area contributed by atoms with Crippen LogP contribution in [0.4, 0.5) is 0 Å². The normalized spacial score (nSPS) is 10.2. The molecule has 0 amide bonds. The second-order valence-corrected chi connectivity index (χ2v) is 4.81. The molecule has 88 valence electrons. The lowest BCUT2D eigenvalue weighted by atomic mass is 10.2. The molecule has 0 saturated heterocycles. The molecule has 0 fully saturated rings. The van der Waals surface area contributed by atoms with Crippen LogP contribution in [0.2, 0.25) is 0 Å². The van der Waals surface area contributed by atoms with Crippen LogP contribution in [0.15, 0.2) is 54.6 Å². The zero-order valence-corrected chi connectivity index (χ0v) is 10.7. The zero-order chi connectivity index (χ0) is 11.9. The predicted octanol–water partition coefficient (Wildman–Crippen LogP) is 4.13. The summed E-state index contributed by atoms with van der Waals surface area (Å²) in [6, 6.07) is 18.8. The van der Waals surface area contributed by atoms with Crippen molar-refractivity contribution in [1.82, 2.24) is 0 Å². The van der Waals surface area contributed by atoms with E-state index in [4.69, 9.17) is 4.74 Å². The van der Waals surface area contributed by atoms with E-state index in [9.17, 15) is 0 Å². The van der Waals surface area contributed by atoms with Crippen molar-refractivity contribution >= 4 is 11.8 Å². The van der Waals surface area contributed by atoms with Crippen molar-refractivity contribution in [3.8, 4) is 5.75 Å². The largest absolute Gasteiger partial charge is 0.497 e. The molecule has 0 aliphatic heterocycles. The van der Waals surface area contributed by atoms with Crippen molar-refractivity contribution in [2.45, 2.75) is 11.5 Å². The van der Waals surface area contributed by atoms with Crippen LogP contribution in [0.3, 0.4) is 0 Å². The summed E-state index contributed by atoms with van der Waals surface area (Å²) in [5, 5.41) is 0. The van der Waals surface area contributed by atoms with E-state index in [1.165, 1.54) is 11.1 Å². The second kappa shape index (κ2) is 6.36. The average Bonchev–Trinajstić information content (AvgIpc) is 2.41. The highest BCUT2D eigenvalue weighted by Gasteiger charge is 1.96. The molecule has 0 saturated carbocycles. The molecule has 2 aromatic rings. The molecule has 2 heteroatoms. The van der Waals surface area contributed by atoms with Crippen molar-refractivity contribution in [2.24, 2.45) is 0 Å². The first kappa shape index (κ1) is 12.1. The van der Waals surface area contributed by atoms with Gasteiger partial charge in [-0.3, -0.25) is 0 Å². The fourth-order valence-corrected chi connectivity index (χ4v) is 2.54. The Kier molecular flexibility index (Phi) is 4.51. The van der Waals surface area contributed by atoms with E-state index in [0.717, 1.165) is 17.3 Å². The highest BCUT2D eigenvalue weighted by molar-refractivity contribution is 7.97. The van der Waals surface area contributed by atoms with E-state index in [2.05, 4.69) is 42.5 Å². The maximum absolute atomic E-state index is 5.14. The maximum Gasteiger partial charge on any atom is 0.118 e. The number of hydrogen-bond acceptors (Lipinski definition) is 2. The second-order valence-electron chi connectivity index (χ2n) is 3.83. The minimum atomic E-state index is 0.918. The van der Waals surface area contributed by atoms with Crippen molar-refractivity contribution in [3.05, 3.63) is 65.7 Å². The molecular weight excluding hydrogens is 228 g/mol. The van der Waals surface area contributed by atoms with E-state index in [1.807, 2.05) is 23.9 Å². The number of hydrogen-bond donors (Lipinski definition) is 0. The Morgan fingerprint density at radius 1 is 0.824 bits per heavy atom. The summed E-state index contributed by atoms with van der Waals surface area (Å²) in [4.78, 5) is 0. The number of thioether (sulfide) groups is 1. The van der Waals surface area contributed by atoms with Crippen LogP contribution in [0, 0.1) is 0 Å². The van der Waals surface area contributed by atoms with Crippen LogP contribution in [0.1, 0.15) is 11.1 Å². The minimum absolute atomic E-state index is 0.918. The Morgan fingerprint density at radius 3 is 2.00 bits per heavy atom. The molecule has 0 atom stereocenters. The van der Waals surface area contributed by atoms with E-state index >= 15 is 0 Å². The molecule has 0 N–H and O–H groups in total. The van der Waals surface area contributed by atoms with E-state index in [0.29, 0.717) is 0 Å². The third-order valence-electron chi connectivity index (χ3n) is 2.54. The van der Waals surface area contributed by atoms with Gasteiger partial charge in [0, 0.05) is 11.5 Å². The number of methoxy groups -OCH3 is 1. The summed E-state index contributed by atoms with van der Waals surface area (Å²) < 4.78 is 5.14. The molecule has 1 nitrogen and oxygen atoms in total. The number of ether oxygens (including phenoxy) is 1. The molecule has 0 unspecified atom stereocenters. The van der Waals surface area contributed by atoms with Gasteiger partial charge in [-0.25, -0.2) is 0 Å². The average molecular weight is 244 g/mol. The quantitative estimate of drug-likeness (QED) is 0.782. The Balaban J connectivity index is 1.82. The lowest BCUT2D eigenvalue weighted by molar-refractivity contribution is 0.414. The zero-order valence-electron chi connectivity index (χ0n) is 9.93. The summed E-state index contributed by atoms with van der Waals surface area (Å²) >= 11 is 1.93. The molecule has 0 aromatic heterocycles. The van der Waals surface area contributed by atoms with Crippen molar-refractivity contribution in [3.63, 3.8) is 0 Å². The molecule has 0 bridgehead atoms. The van der Waals surface area contributed by atoms with Crippen LogP contribution in [-0.4, -0.2) is 7.11 Å². The molecule has 2 rings (SSSR count). The van der Waals surface area contributed by atoms with Gasteiger partial charge in [-0.05, 0) is 23.3 Å². The molecule has 0 aliphatic rings. The van der Waals surface area contributed by atoms with Crippen molar-refractivity contribution in [1.29, 1.82) is 0 Å². The Labute approximate surface area is 107 Å². The first-order valence-corrected chi connectivity index (χ1v) is 6.78. The Hall–Kier alpha value is -1.41. The van der Waals surface area contributed by atoms with Gasteiger partial charge in [0.15, 0.2) is 0 Å². The number of benzene rings is 2. The summed E-state index contributed by atoms with van der Waals surface area (Å²) in [7, 11) is 1.69. The first-order valence-electron chi connectivity index (χ1n) is 5.63. The van der Waals surface area contributed by atoms with Crippen molar-refractivity contribution in [2.75, 3.05) is 7.11 Å². The summed E-state index contributed by atoms with van der Waals surface area (Å²) in [5.74, 6) is 3.02. The standard InChI is InChI=1S/C15H16OS/c1-16-15-9-7-14(8-10-15)12-17-11-13-5-3-2-4-6-13/h2-10H,11-12H2,1H3. The lowest BCUT2D eigenvalue weighted by Crippen LogP contribution is -1.85. The molecule has 0 aliphatic carbocycles. The van der Waals surface area contributed by atoms with Gasteiger partial charge in [0.2, 0.25) is 0 Å². The van der Waals surface area contributed by atoms with Gasteiger partial charge in [-0.15, -0.1) is 0 Å². The fraction of sp³-hybridized carbons (Fsp3) is 0.200. The highest BCUT2D eigenvalue weighted by atomic mass is 32.2. The fourth-order valence-electron chi connectivity index (χ4n) is 1.58. The van der Waals surface area contributed by atoms with Crippen LogP contribution < -0.4 is 4.74 Å². The summed E-state index contributed by atoms with van der Waals surface area (Å²) in [6.07, 6.45) is 0. The lowest BCUT2D eigenvalue weighted by Gasteiger charge is -2.04. The van der Waals surface area contributed by atoms with Crippen LogP contribution >= 0.6 is 11.8 Å². The van der Waals surface area contributed by atoms with Gasteiger partial charge in [0.25, 0.3) is 0 Å². The molecule has 0 radical (unpaired) electrons. The van der Waals surface area contributed by atoms with Gasteiger partial charge in [0.1, 0.15) is 5.75 Å². The van der Waals surface area contributed by atoms with Gasteiger partial charge in [-0.1, -0.05) is 42.5 Å². The van der Waals surface area contributed by atoms with E-state index < -0.39 is 0 Å². The first-order chi connectivity index (χ1) is 8.38. The highest BCUT2D eigenvalue weighted by Crippen LogP contribution is 2.19. The van der Waals surface area contributed by atoms with E-state index in [-0.39, 0.29) is 0 Å². The predicted molar refractivity (Wildman–Crippen MR) is 74.4 cm³/mol. The third-order valence-corrected chi connectivity index (χ3v) is 3.61. The summed E-state index contributed by atoms with van der Waals surface area (Å²) in [5.41, 5.74) is 2.72. The third kappa shape index (κ3) is 3.82. The Morgan fingerprint density at radius 2 is 1.41 bits per heavy atom. The van der Waals surface area contributed by atoms with Gasteiger partial charge < -0.3 is 4.74 Å². The van der Waals surface area contributed by atoms with Crippen LogP contribution in [-0.2, 0) is 11.5 Å². The SMILES string of the molecule is COc1ccc(CSCc2ccccc2)cc1.